The lowest BCUT2D eigenvalue weighted by atomic mass is 10.1. The number of imidazole rings is 1. The first-order valence-corrected chi connectivity index (χ1v) is 10.8. The van der Waals surface area contributed by atoms with Crippen molar-refractivity contribution in [3.05, 3.63) is 41.5 Å². The minimum Gasteiger partial charge on any atom is -0.496 e. The van der Waals surface area contributed by atoms with Crippen LogP contribution in [0.15, 0.2) is 35.8 Å². The number of hydrogen-bond acceptors (Lipinski definition) is 7. The standard InChI is InChI=1S/C19H21N3O4S2/c1-25-16-7-5-4-6-12(16)14-10-22-15(11-28-19(22)21-14)17(23)20-13(8-9-27-3)18(24)26-2/h4-7,10-11,13H,8-9H2,1-3H3,(H,20,23)/t13-/m0/s1. The van der Waals surface area contributed by atoms with Crippen LogP contribution in [0.2, 0.25) is 0 Å². The maximum Gasteiger partial charge on any atom is 0.328 e. The van der Waals surface area contributed by atoms with Crippen LogP contribution < -0.4 is 10.1 Å². The zero-order valence-electron chi connectivity index (χ0n) is 15.8. The molecule has 0 saturated heterocycles. The Bertz CT molecular complexity index is 983. The Balaban J connectivity index is 1.88. The summed E-state index contributed by atoms with van der Waals surface area (Å²) in [5.41, 5.74) is 1.98. The second-order valence-electron chi connectivity index (χ2n) is 5.93. The number of nitrogens with zero attached hydrogens (tertiary/aromatic N) is 2. The Morgan fingerprint density at radius 1 is 1.32 bits per heavy atom. The van der Waals surface area contributed by atoms with Crippen LogP contribution in [-0.4, -0.2) is 53.5 Å². The molecule has 7 nitrogen and oxygen atoms in total. The Labute approximate surface area is 171 Å². The molecule has 2 heterocycles. The first-order valence-electron chi connectivity index (χ1n) is 8.56. The van der Waals surface area contributed by atoms with Crippen molar-refractivity contribution in [2.75, 3.05) is 26.2 Å². The zero-order valence-corrected chi connectivity index (χ0v) is 17.4. The van der Waals surface area contributed by atoms with Crippen molar-refractivity contribution in [1.29, 1.82) is 0 Å². The maximum absolute atomic E-state index is 12.8. The number of carbonyl (C=O) groups excluding carboxylic acids is 2. The van der Waals surface area contributed by atoms with Gasteiger partial charge >= 0.3 is 5.97 Å². The van der Waals surface area contributed by atoms with Crippen molar-refractivity contribution in [2.24, 2.45) is 0 Å². The highest BCUT2D eigenvalue weighted by atomic mass is 32.2. The van der Waals surface area contributed by atoms with Crippen molar-refractivity contribution in [1.82, 2.24) is 14.7 Å². The Hall–Kier alpha value is -2.52. The quantitative estimate of drug-likeness (QED) is 0.565. The number of amides is 1. The van der Waals surface area contributed by atoms with Crippen molar-refractivity contribution in [3.63, 3.8) is 0 Å². The number of rotatable bonds is 8. The topological polar surface area (TPSA) is 81.9 Å². The zero-order chi connectivity index (χ0) is 20.1. The molecule has 3 aromatic rings. The summed E-state index contributed by atoms with van der Waals surface area (Å²) in [6.45, 7) is 0. The summed E-state index contributed by atoms with van der Waals surface area (Å²) in [6, 6.07) is 6.90. The molecule has 0 aliphatic heterocycles. The molecule has 1 amide bonds. The lowest BCUT2D eigenvalue weighted by molar-refractivity contribution is -0.142. The third-order valence-electron chi connectivity index (χ3n) is 4.23. The van der Waals surface area contributed by atoms with Gasteiger partial charge in [-0.1, -0.05) is 12.1 Å². The number of hydrogen-bond donors (Lipinski definition) is 1. The summed E-state index contributed by atoms with van der Waals surface area (Å²) >= 11 is 2.97. The van der Waals surface area contributed by atoms with Gasteiger partial charge in [-0.25, -0.2) is 9.78 Å². The van der Waals surface area contributed by atoms with Gasteiger partial charge in [-0.2, -0.15) is 11.8 Å². The molecular weight excluding hydrogens is 398 g/mol. The molecule has 9 heteroatoms. The van der Waals surface area contributed by atoms with Crippen LogP contribution in [0.5, 0.6) is 5.75 Å². The molecule has 0 aliphatic rings. The number of para-hydroxylation sites is 1. The number of methoxy groups -OCH3 is 2. The SMILES string of the molecule is COC(=O)[C@H](CCSC)NC(=O)c1csc2nc(-c3ccccc3OC)cn12. The minimum absolute atomic E-state index is 0.341. The number of ether oxygens (including phenoxy) is 2. The predicted molar refractivity (Wildman–Crippen MR) is 111 cm³/mol. The molecule has 3 rings (SSSR count). The van der Waals surface area contributed by atoms with Crippen LogP contribution in [0.3, 0.4) is 0 Å². The fourth-order valence-corrected chi connectivity index (χ4v) is 4.12. The summed E-state index contributed by atoms with van der Waals surface area (Å²) in [6.07, 6.45) is 4.25. The van der Waals surface area contributed by atoms with E-state index >= 15 is 0 Å². The third-order valence-corrected chi connectivity index (χ3v) is 5.71. The van der Waals surface area contributed by atoms with E-state index in [4.69, 9.17) is 9.47 Å². The van der Waals surface area contributed by atoms with E-state index in [1.165, 1.54) is 18.4 Å². The van der Waals surface area contributed by atoms with Crippen molar-refractivity contribution < 1.29 is 19.1 Å². The molecule has 1 atom stereocenters. The molecule has 148 valence electrons. The van der Waals surface area contributed by atoms with Crippen LogP contribution in [0, 0.1) is 0 Å². The van der Waals surface area contributed by atoms with Crippen molar-refractivity contribution >= 4 is 39.9 Å². The average molecular weight is 420 g/mol. The maximum atomic E-state index is 12.8. The number of aromatic nitrogens is 2. The van der Waals surface area contributed by atoms with Gasteiger partial charge in [0.2, 0.25) is 0 Å². The first kappa shape index (κ1) is 20.2. The third kappa shape index (κ3) is 4.15. The van der Waals surface area contributed by atoms with Gasteiger partial charge in [0.1, 0.15) is 17.5 Å². The van der Waals surface area contributed by atoms with E-state index in [1.54, 1.807) is 34.8 Å². The van der Waals surface area contributed by atoms with E-state index < -0.39 is 12.0 Å². The highest BCUT2D eigenvalue weighted by Gasteiger charge is 2.24. The molecule has 28 heavy (non-hydrogen) atoms. The molecule has 0 radical (unpaired) electrons. The van der Waals surface area contributed by atoms with Gasteiger partial charge in [0.15, 0.2) is 4.96 Å². The van der Waals surface area contributed by atoms with Crippen LogP contribution in [0.25, 0.3) is 16.2 Å². The second-order valence-corrected chi connectivity index (χ2v) is 7.75. The molecule has 0 fully saturated rings. The monoisotopic (exact) mass is 419 g/mol. The highest BCUT2D eigenvalue weighted by Crippen LogP contribution is 2.30. The molecule has 1 N–H and O–H groups in total. The number of esters is 1. The van der Waals surface area contributed by atoms with E-state index in [1.807, 2.05) is 30.5 Å². The van der Waals surface area contributed by atoms with Gasteiger partial charge in [-0.05, 0) is 30.6 Å². The molecule has 0 aliphatic carbocycles. The molecule has 1 aromatic carbocycles. The molecule has 0 unspecified atom stereocenters. The largest absolute Gasteiger partial charge is 0.496 e. The number of benzene rings is 1. The number of thiazole rings is 1. The van der Waals surface area contributed by atoms with E-state index in [0.717, 1.165) is 11.3 Å². The fraction of sp³-hybridized carbons (Fsp3) is 0.316. The van der Waals surface area contributed by atoms with Crippen LogP contribution in [-0.2, 0) is 9.53 Å². The van der Waals surface area contributed by atoms with Gasteiger partial charge in [0.25, 0.3) is 5.91 Å². The number of nitrogens with one attached hydrogen (secondary N) is 1. The van der Waals surface area contributed by atoms with Crippen LogP contribution >= 0.6 is 23.1 Å². The van der Waals surface area contributed by atoms with Gasteiger partial charge in [0, 0.05) is 17.1 Å². The second kappa shape index (κ2) is 9.11. The Kier molecular flexibility index (Phi) is 6.58. The normalized spacial score (nSPS) is 12.0. The number of fused-ring (bicyclic) bond motifs is 1. The van der Waals surface area contributed by atoms with E-state index in [2.05, 4.69) is 10.3 Å². The summed E-state index contributed by atoms with van der Waals surface area (Å²) in [5, 5.41) is 4.50. The van der Waals surface area contributed by atoms with Gasteiger partial charge in [-0.15, -0.1) is 11.3 Å². The predicted octanol–water partition coefficient (Wildman–Crippen LogP) is 3.10. The molecule has 0 spiro atoms. The molecule has 2 aromatic heterocycles. The van der Waals surface area contributed by atoms with Crippen LogP contribution in [0.1, 0.15) is 16.9 Å². The lowest BCUT2D eigenvalue weighted by Gasteiger charge is -2.15. The molecule has 0 saturated carbocycles. The van der Waals surface area contributed by atoms with Crippen molar-refractivity contribution in [3.8, 4) is 17.0 Å². The fourth-order valence-electron chi connectivity index (χ4n) is 2.79. The lowest BCUT2D eigenvalue weighted by Crippen LogP contribution is -2.42. The Morgan fingerprint density at radius 2 is 2.11 bits per heavy atom. The smallest absolute Gasteiger partial charge is 0.328 e. The minimum atomic E-state index is -0.683. The number of carbonyl (C=O) groups is 2. The Morgan fingerprint density at radius 3 is 2.82 bits per heavy atom. The average Bonchev–Trinajstić information content (AvgIpc) is 3.31. The van der Waals surface area contributed by atoms with E-state index in [0.29, 0.717) is 28.5 Å². The van der Waals surface area contributed by atoms with Crippen molar-refractivity contribution in [2.45, 2.75) is 12.5 Å². The summed E-state index contributed by atoms with van der Waals surface area (Å²) in [7, 11) is 2.93. The summed E-state index contributed by atoms with van der Waals surface area (Å²) in [4.78, 5) is 30.0. The summed E-state index contributed by atoms with van der Waals surface area (Å²) in [5.74, 6) is 0.658. The van der Waals surface area contributed by atoms with Gasteiger partial charge in [-0.3, -0.25) is 9.20 Å². The molecule has 0 bridgehead atoms. The molecular formula is C19H21N3O4S2. The van der Waals surface area contributed by atoms with Crippen LogP contribution in [0.4, 0.5) is 0 Å². The van der Waals surface area contributed by atoms with E-state index in [9.17, 15) is 9.59 Å². The first-order chi connectivity index (χ1) is 13.6. The number of thioether (sulfide) groups is 1. The van der Waals surface area contributed by atoms with E-state index in [-0.39, 0.29) is 5.91 Å². The van der Waals surface area contributed by atoms with Gasteiger partial charge < -0.3 is 14.8 Å². The highest BCUT2D eigenvalue weighted by molar-refractivity contribution is 7.98. The van der Waals surface area contributed by atoms with Gasteiger partial charge in [0.05, 0.1) is 19.9 Å². The summed E-state index contributed by atoms with van der Waals surface area (Å²) < 4.78 is 11.9.